The van der Waals surface area contributed by atoms with Crippen LogP contribution in [0.15, 0.2) is 158 Å². The summed E-state index contributed by atoms with van der Waals surface area (Å²) in [5.74, 6) is 2.66. The maximum atomic E-state index is 2.74. The number of nitrogens with zero attached hydrogens (tertiary/aromatic N) is 2. The molecule has 7 aromatic carbocycles. The molecule has 4 aliphatic carbocycles. The van der Waals surface area contributed by atoms with Gasteiger partial charge in [-0.3, -0.25) is 0 Å². The maximum Gasteiger partial charge on any atom is 0.252 e. The fourth-order valence-corrected chi connectivity index (χ4v) is 13.2. The van der Waals surface area contributed by atoms with E-state index in [1.165, 1.54) is 122 Å². The third kappa shape index (κ3) is 6.35. The van der Waals surface area contributed by atoms with Gasteiger partial charge in [0.2, 0.25) is 0 Å². The third-order valence-electron chi connectivity index (χ3n) is 15.9. The van der Waals surface area contributed by atoms with Crippen molar-refractivity contribution in [3.8, 4) is 22.3 Å². The van der Waals surface area contributed by atoms with E-state index in [2.05, 4.69) is 209 Å². The van der Waals surface area contributed by atoms with E-state index in [-0.39, 0.29) is 23.0 Å². The number of hydrogen-bond donors (Lipinski definition) is 0. The Hall–Kier alpha value is -5.80. The van der Waals surface area contributed by atoms with Gasteiger partial charge in [0, 0.05) is 34.1 Å². The van der Waals surface area contributed by atoms with Gasteiger partial charge in [-0.15, -0.1) is 0 Å². The van der Waals surface area contributed by atoms with Gasteiger partial charge in [-0.05, 0) is 182 Å². The molecule has 2 nitrogen and oxygen atoms in total. The lowest BCUT2D eigenvalue weighted by molar-refractivity contribution is -0.00515. The van der Waals surface area contributed by atoms with Crippen LogP contribution in [0.3, 0.4) is 0 Å². The molecule has 0 atom stereocenters. The van der Waals surface area contributed by atoms with Gasteiger partial charge in [0.05, 0.1) is 0 Å². The highest BCUT2D eigenvalue weighted by molar-refractivity contribution is 7.00. The SMILES string of the molecule is CC(C)(C)c1ccc(N2c3ccc(C(C)(C)C)cc3B3c4cc(C56CC7CC(CC(C7)C5)C6)ccc4N(c4cc(-c5ccccc5)cc(-c5ccccc5)c4)c4cccc2c43)cc1. The molecular formula is C60H59BN2. The lowest BCUT2D eigenvalue weighted by Crippen LogP contribution is -2.62. The largest absolute Gasteiger partial charge is 0.311 e. The molecule has 0 unspecified atom stereocenters. The minimum absolute atomic E-state index is 0.00427. The monoisotopic (exact) mass is 818 g/mol. The summed E-state index contributed by atoms with van der Waals surface area (Å²) < 4.78 is 0. The highest BCUT2D eigenvalue weighted by Gasteiger charge is 2.52. The first-order valence-corrected chi connectivity index (χ1v) is 23.8. The van der Waals surface area contributed by atoms with Crippen molar-refractivity contribution in [2.24, 2.45) is 17.8 Å². The summed E-state index contributed by atoms with van der Waals surface area (Å²) >= 11 is 0. The van der Waals surface area contributed by atoms with Crippen molar-refractivity contribution in [1.29, 1.82) is 0 Å². The van der Waals surface area contributed by atoms with E-state index in [1.54, 1.807) is 5.56 Å². The first-order chi connectivity index (χ1) is 30.4. The lowest BCUT2D eigenvalue weighted by Gasteiger charge is -2.57. The van der Waals surface area contributed by atoms with Crippen molar-refractivity contribution < 1.29 is 0 Å². The molecule has 4 bridgehead atoms. The summed E-state index contributed by atoms with van der Waals surface area (Å²) in [6.07, 6.45) is 8.43. The van der Waals surface area contributed by atoms with E-state index < -0.39 is 0 Å². The van der Waals surface area contributed by atoms with Crippen LogP contribution in [0.5, 0.6) is 0 Å². The van der Waals surface area contributed by atoms with Crippen molar-refractivity contribution in [2.45, 2.75) is 96.3 Å². The van der Waals surface area contributed by atoms with Crippen LogP contribution >= 0.6 is 0 Å². The van der Waals surface area contributed by atoms with E-state index in [0.29, 0.717) is 0 Å². The molecule has 0 amide bonds. The quantitative estimate of drug-likeness (QED) is 0.160. The van der Waals surface area contributed by atoms with Crippen molar-refractivity contribution in [1.82, 2.24) is 0 Å². The van der Waals surface area contributed by atoms with Gasteiger partial charge in [0.15, 0.2) is 0 Å². The van der Waals surface area contributed by atoms with Crippen LogP contribution < -0.4 is 26.2 Å². The molecule has 13 rings (SSSR count). The molecule has 2 aliphatic heterocycles. The average molecular weight is 819 g/mol. The standard InChI is InChI=1S/C60H59BN2/c1-58(2,3)46-20-24-49(25-21-46)62-53-26-22-47(59(4,5)6)34-51(53)61-52-35-48(60-36-39-28-40(37-60)30-41(29-39)38-60)23-27-54(52)63(56-19-13-18-55(62)57(56)61)50-32-44(42-14-9-7-10-15-42)31-45(33-50)43-16-11-8-12-17-43/h7-27,31-35,39-41H,28-30,36-38H2,1-6H3. The number of anilines is 6. The summed E-state index contributed by atoms with van der Waals surface area (Å²) in [5, 5.41) is 0. The second-order valence-electron chi connectivity index (χ2n) is 22.1. The van der Waals surface area contributed by atoms with Gasteiger partial charge in [0.1, 0.15) is 0 Å². The summed E-state index contributed by atoms with van der Waals surface area (Å²) in [5.41, 5.74) is 21.4. The predicted octanol–water partition coefficient (Wildman–Crippen LogP) is 14.2. The van der Waals surface area contributed by atoms with E-state index in [4.69, 9.17) is 0 Å². The topological polar surface area (TPSA) is 6.48 Å². The lowest BCUT2D eigenvalue weighted by atomic mass is 9.33. The van der Waals surface area contributed by atoms with Crippen molar-refractivity contribution in [2.75, 3.05) is 9.80 Å². The molecule has 2 heterocycles. The molecule has 4 fully saturated rings. The van der Waals surface area contributed by atoms with Crippen LogP contribution in [0, 0.1) is 17.8 Å². The summed E-state index contributed by atoms with van der Waals surface area (Å²) in [6.45, 7) is 14.1. The Morgan fingerprint density at radius 1 is 0.429 bits per heavy atom. The maximum absolute atomic E-state index is 2.74. The molecule has 6 aliphatic rings. The normalized spacial score (nSPS) is 21.9. The van der Waals surface area contributed by atoms with Gasteiger partial charge in [-0.25, -0.2) is 0 Å². The molecule has 0 radical (unpaired) electrons. The molecule has 0 N–H and O–H groups in total. The molecule has 7 aromatic rings. The van der Waals surface area contributed by atoms with Gasteiger partial charge in [0.25, 0.3) is 6.71 Å². The van der Waals surface area contributed by atoms with Gasteiger partial charge >= 0.3 is 0 Å². The average Bonchev–Trinajstić information content (AvgIpc) is 3.28. The molecule has 4 saturated carbocycles. The molecule has 312 valence electrons. The minimum atomic E-state index is 0.00427. The molecule has 3 heteroatoms. The van der Waals surface area contributed by atoms with Crippen LogP contribution in [-0.4, -0.2) is 6.71 Å². The molecule has 63 heavy (non-hydrogen) atoms. The molecule has 0 saturated heterocycles. The van der Waals surface area contributed by atoms with E-state index in [0.717, 1.165) is 17.8 Å². The number of hydrogen-bond acceptors (Lipinski definition) is 2. The zero-order valence-corrected chi connectivity index (χ0v) is 38.0. The predicted molar refractivity (Wildman–Crippen MR) is 269 cm³/mol. The second-order valence-corrected chi connectivity index (χ2v) is 22.1. The van der Waals surface area contributed by atoms with Gasteiger partial charge in [-0.2, -0.15) is 0 Å². The Bertz CT molecular complexity index is 2800. The van der Waals surface area contributed by atoms with E-state index in [1.807, 2.05) is 0 Å². The Labute approximate surface area is 376 Å². The van der Waals surface area contributed by atoms with Crippen LogP contribution in [-0.2, 0) is 16.2 Å². The smallest absolute Gasteiger partial charge is 0.252 e. The first-order valence-electron chi connectivity index (χ1n) is 23.8. The summed E-state index contributed by atoms with van der Waals surface area (Å²) in [4.78, 5) is 5.21. The van der Waals surface area contributed by atoms with E-state index >= 15 is 0 Å². The van der Waals surface area contributed by atoms with Crippen LogP contribution in [0.4, 0.5) is 34.1 Å². The first kappa shape index (κ1) is 38.8. The van der Waals surface area contributed by atoms with Crippen molar-refractivity contribution in [3.05, 3.63) is 174 Å². The fourth-order valence-electron chi connectivity index (χ4n) is 13.2. The molecule has 0 spiro atoms. The zero-order chi connectivity index (χ0) is 42.8. The number of fused-ring (bicyclic) bond motifs is 4. The minimum Gasteiger partial charge on any atom is -0.311 e. The fraction of sp³-hybridized carbons (Fsp3) is 0.300. The third-order valence-corrected chi connectivity index (χ3v) is 15.9. The number of rotatable bonds is 5. The highest BCUT2D eigenvalue weighted by atomic mass is 15.2. The highest BCUT2D eigenvalue weighted by Crippen LogP contribution is 2.61. The van der Waals surface area contributed by atoms with Gasteiger partial charge < -0.3 is 9.80 Å². The Morgan fingerprint density at radius 3 is 1.46 bits per heavy atom. The Balaban J connectivity index is 1.14. The van der Waals surface area contributed by atoms with E-state index in [9.17, 15) is 0 Å². The Kier molecular flexibility index (Phi) is 8.70. The van der Waals surface area contributed by atoms with Crippen LogP contribution in [0.2, 0.25) is 0 Å². The van der Waals surface area contributed by atoms with Crippen molar-refractivity contribution >= 4 is 57.2 Å². The van der Waals surface area contributed by atoms with Crippen LogP contribution in [0.25, 0.3) is 22.3 Å². The molecule has 0 aromatic heterocycles. The van der Waals surface area contributed by atoms with Crippen molar-refractivity contribution in [3.63, 3.8) is 0 Å². The zero-order valence-electron chi connectivity index (χ0n) is 38.0. The van der Waals surface area contributed by atoms with Gasteiger partial charge in [-0.1, -0.05) is 145 Å². The molecular weight excluding hydrogens is 759 g/mol. The number of benzene rings is 7. The summed E-state index contributed by atoms with van der Waals surface area (Å²) in [7, 11) is 0. The second kappa shape index (κ2) is 14.1. The Morgan fingerprint density at radius 2 is 0.921 bits per heavy atom. The van der Waals surface area contributed by atoms with Crippen LogP contribution in [0.1, 0.15) is 96.8 Å². The summed E-state index contributed by atoms with van der Waals surface area (Å²) in [6, 6.07) is 60.9.